The van der Waals surface area contributed by atoms with Gasteiger partial charge in [0.15, 0.2) is 5.82 Å². The number of hydrogen-bond donors (Lipinski definition) is 2. The molecule has 0 saturated heterocycles. The average molecular weight is 185 g/mol. The lowest BCUT2D eigenvalue weighted by molar-refractivity contribution is 0.1000. The Kier molecular flexibility index (Phi) is 2.05. The standard InChI is InChI=1S/C7H8FN3O2/c1-11-5(9)3(6(10)12)2-4(8)7(11)13/h2H,9H2,1H3,(H2,10,12). The molecule has 0 aliphatic carbocycles. The van der Waals surface area contributed by atoms with Gasteiger partial charge in [0.2, 0.25) is 0 Å². The van der Waals surface area contributed by atoms with E-state index in [9.17, 15) is 14.0 Å². The van der Waals surface area contributed by atoms with Crippen LogP contribution in [0.25, 0.3) is 0 Å². The Morgan fingerprint density at radius 2 is 2.15 bits per heavy atom. The van der Waals surface area contributed by atoms with Gasteiger partial charge in [-0.25, -0.2) is 4.39 Å². The first-order valence-corrected chi connectivity index (χ1v) is 3.40. The highest BCUT2D eigenvalue weighted by atomic mass is 19.1. The summed E-state index contributed by atoms with van der Waals surface area (Å²) in [7, 11) is 1.26. The lowest BCUT2D eigenvalue weighted by Gasteiger charge is -2.06. The average Bonchev–Trinajstić information content (AvgIpc) is 2.07. The van der Waals surface area contributed by atoms with Gasteiger partial charge < -0.3 is 11.5 Å². The van der Waals surface area contributed by atoms with Gasteiger partial charge in [-0.2, -0.15) is 0 Å². The van der Waals surface area contributed by atoms with Crippen molar-refractivity contribution in [1.29, 1.82) is 0 Å². The summed E-state index contributed by atoms with van der Waals surface area (Å²) in [6.45, 7) is 0. The SMILES string of the molecule is Cn1c(N)c(C(N)=O)cc(F)c1=O. The number of nitrogen functional groups attached to an aromatic ring is 1. The fourth-order valence-corrected chi connectivity index (χ4v) is 0.910. The summed E-state index contributed by atoms with van der Waals surface area (Å²) < 4.78 is 13.6. The van der Waals surface area contributed by atoms with E-state index in [4.69, 9.17) is 11.5 Å². The maximum atomic E-state index is 12.8. The number of nitrogens with zero attached hydrogens (tertiary/aromatic N) is 1. The van der Waals surface area contributed by atoms with Crippen molar-refractivity contribution in [2.45, 2.75) is 0 Å². The van der Waals surface area contributed by atoms with Crippen LogP contribution in [0.4, 0.5) is 10.2 Å². The number of anilines is 1. The molecule has 4 N–H and O–H groups in total. The normalized spacial score (nSPS) is 10.0. The summed E-state index contributed by atoms with van der Waals surface area (Å²) in [5.41, 5.74) is 9.17. The number of primary amides is 1. The molecule has 6 heteroatoms. The molecule has 0 aromatic carbocycles. The molecule has 1 heterocycles. The van der Waals surface area contributed by atoms with Gasteiger partial charge in [0.1, 0.15) is 5.82 Å². The predicted molar refractivity (Wildman–Crippen MR) is 44.6 cm³/mol. The summed E-state index contributed by atoms with van der Waals surface area (Å²) in [6.07, 6.45) is 0. The Labute approximate surface area is 72.8 Å². The smallest absolute Gasteiger partial charge is 0.287 e. The van der Waals surface area contributed by atoms with Gasteiger partial charge >= 0.3 is 0 Å². The highest BCUT2D eigenvalue weighted by Crippen LogP contribution is 2.07. The molecule has 13 heavy (non-hydrogen) atoms. The second-order valence-corrected chi connectivity index (χ2v) is 2.52. The number of rotatable bonds is 1. The molecule has 5 nitrogen and oxygen atoms in total. The summed E-state index contributed by atoms with van der Waals surface area (Å²) >= 11 is 0. The summed E-state index contributed by atoms with van der Waals surface area (Å²) in [4.78, 5) is 21.6. The zero-order valence-corrected chi connectivity index (χ0v) is 6.87. The second kappa shape index (κ2) is 2.89. The van der Waals surface area contributed by atoms with Gasteiger partial charge in [-0.05, 0) is 6.07 Å². The van der Waals surface area contributed by atoms with Crippen LogP contribution in [0.3, 0.4) is 0 Å². The van der Waals surface area contributed by atoms with Crippen molar-refractivity contribution in [2.75, 3.05) is 5.73 Å². The van der Waals surface area contributed by atoms with Crippen LogP contribution in [-0.4, -0.2) is 10.5 Å². The molecule has 0 aliphatic heterocycles. The molecule has 0 fully saturated rings. The van der Waals surface area contributed by atoms with Crippen LogP contribution < -0.4 is 17.0 Å². The lowest BCUT2D eigenvalue weighted by Crippen LogP contribution is -2.27. The van der Waals surface area contributed by atoms with Crippen LogP contribution in [0.5, 0.6) is 0 Å². The molecule has 0 radical (unpaired) electrons. The third kappa shape index (κ3) is 1.37. The van der Waals surface area contributed by atoms with Crippen molar-refractivity contribution in [1.82, 2.24) is 4.57 Å². The van der Waals surface area contributed by atoms with Crippen LogP contribution in [0, 0.1) is 5.82 Å². The molecule has 0 atom stereocenters. The topological polar surface area (TPSA) is 91.1 Å². The summed E-state index contributed by atoms with van der Waals surface area (Å²) in [5, 5.41) is 0. The van der Waals surface area contributed by atoms with Crippen LogP contribution in [-0.2, 0) is 7.05 Å². The number of nitrogens with two attached hydrogens (primary N) is 2. The highest BCUT2D eigenvalue weighted by Gasteiger charge is 2.13. The minimum Gasteiger partial charge on any atom is -0.384 e. The van der Waals surface area contributed by atoms with Crippen LogP contribution in [0.1, 0.15) is 10.4 Å². The van der Waals surface area contributed by atoms with Crippen molar-refractivity contribution in [3.8, 4) is 0 Å². The van der Waals surface area contributed by atoms with Crippen molar-refractivity contribution in [3.63, 3.8) is 0 Å². The third-order valence-electron chi connectivity index (χ3n) is 1.68. The van der Waals surface area contributed by atoms with Crippen molar-refractivity contribution in [2.24, 2.45) is 12.8 Å². The summed E-state index contributed by atoms with van der Waals surface area (Å²) in [5.74, 6) is -2.06. The quantitative estimate of drug-likeness (QED) is 0.600. The molecule has 0 saturated carbocycles. The van der Waals surface area contributed by atoms with Crippen molar-refractivity contribution < 1.29 is 9.18 Å². The van der Waals surface area contributed by atoms with E-state index in [1.165, 1.54) is 7.05 Å². The first-order valence-electron chi connectivity index (χ1n) is 3.40. The minimum absolute atomic E-state index is 0.140. The number of amides is 1. The van der Waals surface area contributed by atoms with Crippen molar-refractivity contribution in [3.05, 3.63) is 27.8 Å². The maximum absolute atomic E-state index is 12.8. The Bertz CT molecular complexity index is 424. The number of halogens is 1. The molecular formula is C7H8FN3O2. The van der Waals surface area contributed by atoms with Gasteiger partial charge in [-0.15, -0.1) is 0 Å². The molecule has 1 aromatic heterocycles. The zero-order valence-electron chi connectivity index (χ0n) is 6.87. The van der Waals surface area contributed by atoms with E-state index in [1.54, 1.807) is 0 Å². The number of hydrogen-bond acceptors (Lipinski definition) is 3. The zero-order chi connectivity index (χ0) is 10.2. The Morgan fingerprint density at radius 1 is 1.62 bits per heavy atom. The fourth-order valence-electron chi connectivity index (χ4n) is 0.910. The number of carbonyl (C=O) groups is 1. The second-order valence-electron chi connectivity index (χ2n) is 2.52. The predicted octanol–water partition coefficient (Wildman–Crippen LogP) is -0.795. The summed E-state index contributed by atoms with van der Waals surface area (Å²) in [6, 6.07) is 0.736. The van der Waals surface area contributed by atoms with Gasteiger partial charge in [0.25, 0.3) is 11.5 Å². The molecule has 0 aliphatic rings. The first kappa shape index (κ1) is 9.24. The molecule has 70 valence electrons. The largest absolute Gasteiger partial charge is 0.384 e. The maximum Gasteiger partial charge on any atom is 0.287 e. The van der Waals surface area contributed by atoms with Gasteiger partial charge in [0.05, 0.1) is 5.56 Å². The molecule has 1 amide bonds. The van der Waals surface area contributed by atoms with E-state index in [0.29, 0.717) is 0 Å². The van der Waals surface area contributed by atoms with E-state index < -0.39 is 17.3 Å². The minimum atomic E-state index is -1.05. The molecule has 1 rings (SSSR count). The Hall–Kier alpha value is -1.85. The van der Waals surface area contributed by atoms with Gasteiger partial charge in [0, 0.05) is 7.05 Å². The van der Waals surface area contributed by atoms with E-state index in [-0.39, 0.29) is 11.4 Å². The number of carbonyl (C=O) groups excluding carboxylic acids is 1. The fraction of sp³-hybridized carbons (Fsp3) is 0.143. The Morgan fingerprint density at radius 3 is 2.62 bits per heavy atom. The molecule has 0 unspecified atom stereocenters. The van der Waals surface area contributed by atoms with Gasteiger partial charge in [-0.1, -0.05) is 0 Å². The monoisotopic (exact) mass is 185 g/mol. The van der Waals surface area contributed by atoms with Crippen LogP contribution in [0.15, 0.2) is 10.9 Å². The molecule has 0 spiro atoms. The van der Waals surface area contributed by atoms with Gasteiger partial charge in [-0.3, -0.25) is 14.2 Å². The number of aromatic nitrogens is 1. The Balaban J connectivity index is 3.60. The van der Waals surface area contributed by atoms with E-state index in [1.807, 2.05) is 0 Å². The van der Waals surface area contributed by atoms with E-state index in [0.717, 1.165) is 10.6 Å². The van der Waals surface area contributed by atoms with E-state index in [2.05, 4.69) is 0 Å². The first-order chi connectivity index (χ1) is 5.95. The third-order valence-corrected chi connectivity index (χ3v) is 1.68. The number of pyridine rings is 1. The molecule has 1 aromatic rings. The lowest BCUT2D eigenvalue weighted by atomic mass is 10.2. The van der Waals surface area contributed by atoms with Crippen LogP contribution >= 0.6 is 0 Å². The molecule has 0 bridgehead atoms. The molecular weight excluding hydrogens is 177 g/mol. The van der Waals surface area contributed by atoms with Crippen LogP contribution in [0.2, 0.25) is 0 Å². The van der Waals surface area contributed by atoms with E-state index >= 15 is 0 Å². The highest BCUT2D eigenvalue weighted by molar-refractivity contribution is 5.97. The van der Waals surface area contributed by atoms with Crippen molar-refractivity contribution >= 4 is 11.7 Å².